The quantitative estimate of drug-likeness (QED) is 0.464. The molecule has 16 heavy (non-hydrogen) atoms. The largest absolute Gasteiger partial charge is 0.0999 e. The van der Waals surface area contributed by atoms with Gasteiger partial charge in [0, 0.05) is 4.83 Å². The summed E-state index contributed by atoms with van der Waals surface area (Å²) in [7, 11) is 0. The molecule has 0 aliphatic heterocycles. The molecule has 1 saturated carbocycles. The standard InChI is InChI=1S/C15H23Br/c1-10(2)12-7-8-15(4)13(9-12)11(3)5-6-14(15)16/h5,12-14H,1,6-9H2,2-4H3. The van der Waals surface area contributed by atoms with Crippen molar-refractivity contribution in [3.05, 3.63) is 23.8 Å². The van der Waals surface area contributed by atoms with Crippen LogP contribution in [0, 0.1) is 17.3 Å². The normalized spacial score (nSPS) is 43.5. The number of allylic oxidation sites excluding steroid dienone is 3. The summed E-state index contributed by atoms with van der Waals surface area (Å²) < 4.78 is 0. The van der Waals surface area contributed by atoms with Crippen molar-refractivity contribution < 1.29 is 0 Å². The minimum absolute atomic E-state index is 0.477. The molecule has 0 aromatic heterocycles. The van der Waals surface area contributed by atoms with Crippen LogP contribution in [0.15, 0.2) is 23.8 Å². The molecule has 0 amide bonds. The smallest absolute Gasteiger partial charge is 0.0239 e. The van der Waals surface area contributed by atoms with E-state index in [-0.39, 0.29) is 0 Å². The lowest BCUT2D eigenvalue weighted by atomic mass is 9.57. The molecule has 0 aromatic rings. The van der Waals surface area contributed by atoms with E-state index in [0.29, 0.717) is 10.2 Å². The van der Waals surface area contributed by atoms with Crippen LogP contribution >= 0.6 is 15.9 Å². The van der Waals surface area contributed by atoms with E-state index in [1.54, 1.807) is 5.57 Å². The third-order valence-electron chi connectivity index (χ3n) is 4.96. The third-order valence-corrected chi connectivity index (χ3v) is 6.38. The number of alkyl halides is 1. The molecule has 90 valence electrons. The maximum atomic E-state index is 4.15. The molecule has 0 heterocycles. The van der Waals surface area contributed by atoms with Gasteiger partial charge in [0.1, 0.15) is 0 Å². The van der Waals surface area contributed by atoms with E-state index in [1.165, 1.54) is 31.3 Å². The zero-order valence-corrected chi connectivity index (χ0v) is 12.3. The zero-order valence-electron chi connectivity index (χ0n) is 10.7. The number of hydrogen-bond acceptors (Lipinski definition) is 0. The van der Waals surface area contributed by atoms with E-state index >= 15 is 0 Å². The average Bonchev–Trinajstić information content (AvgIpc) is 2.24. The summed E-state index contributed by atoms with van der Waals surface area (Å²) in [5.74, 6) is 1.51. The Hall–Kier alpha value is -0.0400. The van der Waals surface area contributed by atoms with Gasteiger partial charge in [0.25, 0.3) is 0 Å². The van der Waals surface area contributed by atoms with Gasteiger partial charge < -0.3 is 0 Å². The predicted molar refractivity (Wildman–Crippen MR) is 74.8 cm³/mol. The Morgan fingerprint density at radius 2 is 2.25 bits per heavy atom. The molecule has 2 rings (SSSR count). The zero-order chi connectivity index (χ0) is 11.9. The molecule has 1 fully saturated rings. The molecule has 1 heteroatoms. The molecule has 0 radical (unpaired) electrons. The van der Waals surface area contributed by atoms with E-state index in [9.17, 15) is 0 Å². The van der Waals surface area contributed by atoms with E-state index in [1.807, 2.05) is 0 Å². The molecule has 2 aliphatic carbocycles. The van der Waals surface area contributed by atoms with Crippen LogP contribution in [0.4, 0.5) is 0 Å². The maximum absolute atomic E-state index is 4.15. The van der Waals surface area contributed by atoms with Crippen LogP contribution in [0.2, 0.25) is 0 Å². The molecule has 4 atom stereocenters. The van der Waals surface area contributed by atoms with Gasteiger partial charge in [-0.2, -0.15) is 0 Å². The maximum Gasteiger partial charge on any atom is 0.0239 e. The van der Waals surface area contributed by atoms with E-state index in [0.717, 1.165) is 11.8 Å². The Morgan fingerprint density at radius 1 is 1.56 bits per heavy atom. The SMILES string of the molecule is C=C(C)C1CCC2(C)C(Br)CC=C(C)C2C1. The van der Waals surface area contributed by atoms with Crippen molar-refractivity contribution in [1.82, 2.24) is 0 Å². The lowest BCUT2D eigenvalue weighted by molar-refractivity contribution is 0.107. The Kier molecular flexibility index (Phi) is 3.36. The molecule has 0 saturated heterocycles. The van der Waals surface area contributed by atoms with Crippen molar-refractivity contribution >= 4 is 15.9 Å². The van der Waals surface area contributed by atoms with Gasteiger partial charge in [-0.05, 0) is 56.8 Å². The van der Waals surface area contributed by atoms with Crippen LogP contribution in [0.3, 0.4) is 0 Å². The average molecular weight is 283 g/mol. The number of rotatable bonds is 1. The molecule has 4 unspecified atom stereocenters. The van der Waals surface area contributed by atoms with Crippen LogP contribution in [-0.4, -0.2) is 4.83 Å². The van der Waals surface area contributed by atoms with Gasteiger partial charge in [0.15, 0.2) is 0 Å². The summed E-state index contributed by atoms with van der Waals surface area (Å²) in [4.78, 5) is 0.666. The van der Waals surface area contributed by atoms with Crippen LogP contribution in [0.5, 0.6) is 0 Å². The van der Waals surface area contributed by atoms with E-state index < -0.39 is 0 Å². The summed E-state index contributed by atoms with van der Waals surface area (Å²) in [5, 5.41) is 0. The van der Waals surface area contributed by atoms with Gasteiger partial charge in [-0.3, -0.25) is 0 Å². The first-order valence-electron chi connectivity index (χ1n) is 6.41. The van der Waals surface area contributed by atoms with Crippen LogP contribution < -0.4 is 0 Å². The van der Waals surface area contributed by atoms with Gasteiger partial charge in [-0.25, -0.2) is 0 Å². The topological polar surface area (TPSA) is 0 Å². The third kappa shape index (κ3) is 1.92. The van der Waals surface area contributed by atoms with Crippen molar-refractivity contribution in [2.75, 3.05) is 0 Å². The first kappa shape index (κ1) is 12.4. The second-order valence-corrected chi connectivity index (χ2v) is 7.13. The van der Waals surface area contributed by atoms with Gasteiger partial charge in [0.2, 0.25) is 0 Å². The van der Waals surface area contributed by atoms with Gasteiger partial charge in [-0.1, -0.05) is 46.7 Å². The number of halogens is 1. The Morgan fingerprint density at radius 3 is 2.88 bits per heavy atom. The van der Waals surface area contributed by atoms with E-state index in [2.05, 4.69) is 49.4 Å². The van der Waals surface area contributed by atoms with Crippen molar-refractivity contribution in [1.29, 1.82) is 0 Å². The first-order chi connectivity index (χ1) is 7.45. The Labute approximate surface area is 108 Å². The summed E-state index contributed by atoms with van der Waals surface area (Å²) in [6.07, 6.45) is 7.63. The van der Waals surface area contributed by atoms with Gasteiger partial charge in [-0.15, -0.1) is 0 Å². The predicted octanol–water partition coefficient (Wildman–Crippen LogP) is 5.10. The highest BCUT2D eigenvalue weighted by molar-refractivity contribution is 9.09. The molecule has 0 N–H and O–H groups in total. The fourth-order valence-corrected chi connectivity index (χ4v) is 4.30. The molecule has 0 aromatic carbocycles. The Bertz CT molecular complexity index is 328. The Balaban J connectivity index is 2.25. The second kappa shape index (κ2) is 4.33. The van der Waals surface area contributed by atoms with Crippen LogP contribution in [0.25, 0.3) is 0 Å². The van der Waals surface area contributed by atoms with Crippen molar-refractivity contribution in [2.24, 2.45) is 17.3 Å². The van der Waals surface area contributed by atoms with Crippen LogP contribution in [-0.2, 0) is 0 Å². The van der Waals surface area contributed by atoms with Gasteiger partial charge >= 0.3 is 0 Å². The molecule has 2 aliphatic rings. The molecule has 0 spiro atoms. The number of hydrogen-bond donors (Lipinski definition) is 0. The van der Waals surface area contributed by atoms with Crippen molar-refractivity contribution in [3.63, 3.8) is 0 Å². The summed E-state index contributed by atoms with van der Waals surface area (Å²) in [6.45, 7) is 11.1. The first-order valence-corrected chi connectivity index (χ1v) is 7.33. The fourth-order valence-electron chi connectivity index (χ4n) is 3.56. The summed E-state index contributed by atoms with van der Waals surface area (Å²) in [5.41, 5.74) is 3.47. The van der Waals surface area contributed by atoms with Crippen molar-refractivity contribution in [3.8, 4) is 0 Å². The van der Waals surface area contributed by atoms with Gasteiger partial charge in [0.05, 0.1) is 0 Å². The van der Waals surface area contributed by atoms with E-state index in [4.69, 9.17) is 0 Å². The molecule has 0 bridgehead atoms. The summed E-state index contributed by atoms with van der Waals surface area (Å²) in [6, 6.07) is 0. The van der Waals surface area contributed by atoms with Crippen molar-refractivity contribution in [2.45, 2.75) is 51.3 Å². The highest BCUT2D eigenvalue weighted by atomic mass is 79.9. The fraction of sp³-hybridized carbons (Fsp3) is 0.733. The highest BCUT2D eigenvalue weighted by Gasteiger charge is 2.46. The monoisotopic (exact) mass is 282 g/mol. The highest BCUT2D eigenvalue weighted by Crippen LogP contribution is 2.55. The second-order valence-electron chi connectivity index (χ2n) is 6.03. The minimum atomic E-state index is 0.477. The molecular formula is C15H23Br. The summed E-state index contributed by atoms with van der Waals surface area (Å²) >= 11 is 3.90. The lowest BCUT2D eigenvalue weighted by Crippen LogP contribution is -2.43. The number of fused-ring (bicyclic) bond motifs is 1. The molecular weight excluding hydrogens is 260 g/mol. The van der Waals surface area contributed by atoms with Crippen LogP contribution in [0.1, 0.15) is 46.5 Å². The molecule has 0 nitrogen and oxygen atoms in total. The lowest BCUT2D eigenvalue weighted by Gasteiger charge is -2.50. The minimum Gasteiger partial charge on any atom is -0.0999 e.